The van der Waals surface area contributed by atoms with Crippen molar-refractivity contribution in [3.8, 4) is 0 Å². The van der Waals surface area contributed by atoms with Gasteiger partial charge in [-0.15, -0.1) is 0 Å². The highest BCUT2D eigenvalue weighted by Gasteiger charge is 2.34. The van der Waals surface area contributed by atoms with Gasteiger partial charge in [-0.05, 0) is 36.6 Å². The summed E-state index contributed by atoms with van der Waals surface area (Å²) in [4.78, 5) is 0. The van der Waals surface area contributed by atoms with Crippen molar-refractivity contribution in [2.24, 2.45) is 0 Å². The van der Waals surface area contributed by atoms with Crippen LogP contribution in [0.15, 0.2) is 22.7 Å². The van der Waals surface area contributed by atoms with Gasteiger partial charge in [-0.2, -0.15) is 0 Å². The van der Waals surface area contributed by atoms with E-state index in [0.717, 1.165) is 18.4 Å². The van der Waals surface area contributed by atoms with Crippen LogP contribution in [0.25, 0.3) is 0 Å². The third-order valence-corrected chi connectivity index (χ3v) is 4.02. The Balaban J connectivity index is 2.88. The lowest BCUT2D eigenvalue weighted by Gasteiger charge is -2.35. The van der Waals surface area contributed by atoms with Crippen molar-refractivity contribution in [2.45, 2.75) is 44.8 Å². The Hall–Kier alpha value is -0.450. The van der Waals surface area contributed by atoms with Crippen molar-refractivity contribution in [2.75, 3.05) is 7.11 Å². The SMILES string of the molecule is CCC(CC)(OC)C(O)Cc1cc(F)cc(Br)c1. The molecule has 102 valence electrons. The molecule has 0 radical (unpaired) electrons. The number of benzene rings is 1. The minimum absolute atomic E-state index is 0.303. The number of ether oxygens (including phenoxy) is 1. The lowest BCUT2D eigenvalue weighted by atomic mass is 9.86. The molecule has 1 unspecified atom stereocenters. The van der Waals surface area contributed by atoms with Gasteiger partial charge in [-0.1, -0.05) is 29.8 Å². The molecule has 0 bridgehead atoms. The highest BCUT2D eigenvalue weighted by atomic mass is 79.9. The van der Waals surface area contributed by atoms with Gasteiger partial charge in [-0.25, -0.2) is 4.39 Å². The number of hydrogen-bond donors (Lipinski definition) is 1. The average Bonchev–Trinajstić information content (AvgIpc) is 2.30. The minimum Gasteiger partial charge on any atom is -0.390 e. The van der Waals surface area contributed by atoms with E-state index in [0.29, 0.717) is 10.9 Å². The van der Waals surface area contributed by atoms with Gasteiger partial charge >= 0.3 is 0 Å². The number of hydrogen-bond acceptors (Lipinski definition) is 2. The summed E-state index contributed by atoms with van der Waals surface area (Å²) in [5, 5.41) is 10.3. The monoisotopic (exact) mass is 318 g/mol. The normalized spacial score (nSPS) is 13.7. The lowest BCUT2D eigenvalue weighted by Crippen LogP contribution is -2.44. The highest BCUT2D eigenvalue weighted by Crippen LogP contribution is 2.27. The van der Waals surface area contributed by atoms with E-state index in [1.54, 1.807) is 7.11 Å². The molecule has 1 atom stereocenters. The molecule has 1 aromatic rings. The molecular weight excluding hydrogens is 299 g/mol. The van der Waals surface area contributed by atoms with Gasteiger partial charge < -0.3 is 9.84 Å². The Morgan fingerprint density at radius 1 is 1.33 bits per heavy atom. The van der Waals surface area contributed by atoms with E-state index < -0.39 is 11.7 Å². The zero-order valence-corrected chi connectivity index (χ0v) is 12.6. The molecule has 0 fully saturated rings. The molecule has 0 amide bonds. The molecule has 0 aliphatic carbocycles. The molecule has 0 saturated carbocycles. The van der Waals surface area contributed by atoms with Crippen LogP contribution in [0.1, 0.15) is 32.3 Å². The second-order valence-electron chi connectivity index (χ2n) is 4.47. The molecule has 18 heavy (non-hydrogen) atoms. The van der Waals surface area contributed by atoms with Gasteiger partial charge in [0.05, 0.1) is 11.7 Å². The maximum atomic E-state index is 13.3. The lowest BCUT2D eigenvalue weighted by molar-refractivity contribution is -0.106. The van der Waals surface area contributed by atoms with E-state index in [1.165, 1.54) is 12.1 Å². The molecule has 2 nitrogen and oxygen atoms in total. The van der Waals surface area contributed by atoms with Crippen LogP contribution in [-0.4, -0.2) is 23.9 Å². The molecule has 0 heterocycles. The Morgan fingerprint density at radius 2 is 1.94 bits per heavy atom. The van der Waals surface area contributed by atoms with E-state index in [9.17, 15) is 9.50 Å². The van der Waals surface area contributed by atoms with Crippen LogP contribution in [0.4, 0.5) is 4.39 Å². The van der Waals surface area contributed by atoms with Crippen molar-refractivity contribution < 1.29 is 14.2 Å². The molecule has 1 N–H and O–H groups in total. The number of aliphatic hydroxyl groups excluding tert-OH is 1. The van der Waals surface area contributed by atoms with E-state index in [1.807, 2.05) is 19.9 Å². The van der Waals surface area contributed by atoms with Crippen molar-refractivity contribution in [3.05, 3.63) is 34.1 Å². The second-order valence-corrected chi connectivity index (χ2v) is 5.39. The predicted molar refractivity (Wildman–Crippen MR) is 74.1 cm³/mol. The summed E-state index contributed by atoms with van der Waals surface area (Å²) >= 11 is 3.25. The minimum atomic E-state index is -0.647. The van der Waals surface area contributed by atoms with Crippen LogP contribution in [0.3, 0.4) is 0 Å². The Morgan fingerprint density at radius 3 is 2.39 bits per heavy atom. The first-order chi connectivity index (χ1) is 8.47. The topological polar surface area (TPSA) is 29.5 Å². The molecule has 4 heteroatoms. The fourth-order valence-corrected chi connectivity index (χ4v) is 2.80. The van der Waals surface area contributed by atoms with Crippen LogP contribution >= 0.6 is 15.9 Å². The van der Waals surface area contributed by atoms with Gasteiger partial charge in [0.1, 0.15) is 5.82 Å². The van der Waals surface area contributed by atoms with Crippen LogP contribution < -0.4 is 0 Å². The highest BCUT2D eigenvalue weighted by molar-refractivity contribution is 9.10. The summed E-state index contributed by atoms with van der Waals surface area (Å²) in [6.07, 6.45) is 1.17. The molecule has 0 aromatic heterocycles. The van der Waals surface area contributed by atoms with E-state index in [2.05, 4.69) is 15.9 Å². The van der Waals surface area contributed by atoms with Crippen molar-refractivity contribution in [1.82, 2.24) is 0 Å². The predicted octanol–water partition coefficient (Wildman–Crippen LogP) is 3.70. The largest absolute Gasteiger partial charge is 0.390 e. The standard InChI is InChI=1S/C14H20BrFO2/c1-4-14(5-2,18-3)13(17)8-10-6-11(15)9-12(16)7-10/h6-7,9,13,17H,4-5,8H2,1-3H3. The summed E-state index contributed by atoms with van der Waals surface area (Å²) in [6, 6.07) is 4.66. The second kappa shape index (κ2) is 6.64. The molecule has 0 saturated heterocycles. The molecule has 1 rings (SSSR count). The quantitative estimate of drug-likeness (QED) is 0.866. The van der Waals surface area contributed by atoms with Gasteiger partial charge in [0.25, 0.3) is 0 Å². The molecule has 1 aromatic carbocycles. The third-order valence-electron chi connectivity index (χ3n) is 3.56. The smallest absolute Gasteiger partial charge is 0.124 e. The zero-order chi connectivity index (χ0) is 13.8. The summed E-state index contributed by atoms with van der Waals surface area (Å²) in [5.41, 5.74) is 0.205. The Labute approximate surface area is 116 Å². The molecule has 0 aliphatic rings. The molecular formula is C14H20BrFO2. The van der Waals surface area contributed by atoms with E-state index in [-0.39, 0.29) is 5.82 Å². The number of rotatable bonds is 6. The van der Waals surface area contributed by atoms with Crippen molar-refractivity contribution >= 4 is 15.9 Å². The van der Waals surface area contributed by atoms with Gasteiger partial charge in [0, 0.05) is 18.0 Å². The fourth-order valence-electron chi connectivity index (χ4n) is 2.28. The Kier molecular flexibility index (Phi) is 5.76. The fraction of sp³-hybridized carbons (Fsp3) is 0.571. The Bertz CT molecular complexity index is 363. The van der Waals surface area contributed by atoms with E-state index >= 15 is 0 Å². The summed E-state index contributed by atoms with van der Waals surface area (Å²) < 4.78 is 19.4. The first-order valence-electron chi connectivity index (χ1n) is 6.15. The van der Waals surface area contributed by atoms with E-state index in [4.69, 9.17) is 4.74 Å². The molecule has 0 spiro atoms. The van der Waals surface area contributed by atoms with Gasteiger partial charge in [0.2, 0.25) is 0 Å². The van der Waals surface area contributed by atoms with Crippen LogP contribution in [0, 0.1) is 5.82 Å². The maximum absolute atomic E-state index is 13.3. The van der Waals surface area contributed by atoms with Gasteiger partial charge in [0.15, 0.2) is 0 Å². The summed E-state index contributed by atoms with van der Waals surface area (Å²) in [6.45, 7) is 3.97. The zero-order valence-electron chi connectivity index (χ0n) is 11.0. The average molecular weight is 319 g/mol. The summed E-state index contributed by atoms with van der Waals surface area (Å²) in [5.74, 6) is -0.303. The number of halogens is 2. The first kappa shape index (κ1) is 15.6. The van der Waals surface area contributed by atoms with Crippen molar-refractivity contribution in [1.29, 1.82) is 0 Å². The third kappa shape index (κ3) is 3.53. The van der Waals surface area contributed by atoms with Crippen molar-refractivity contribution in [3.63, 3.8) is 0 Å². The van der Waals surface area contributed by atoms with Gasteiger partial charge in [-0.3, -0.25) is 0 Å². The van der Waals surface area contributed by atoms with Crippen LogP contribution in [0.5, 0.6) is 0 Å². The maximum Gasteiger partial charge on any atom is 0.124 e. The molecule has 0 aliphatic heterocycles. The number of aliphatic hydroxyl groups is 1. The van der Waals surface area contributed by atoms with Crippen LogP contribution in [-0.2, 0) is 11.2 Å². The summed E-state index contributed by atoms with van der Waals surface area (Å²) in [7, 11) is 1.61. The van der Waals surface area contributed by atoms with Crippen LogP contribution in [0.2, 0.25) is 0 Å². The number of methoxy groups -OCH3 is 1. The first-order valence-corrected chi connectivity index (χ1v) is 6.95.